The average molecular weight is 401 g/mol. The predicted octanol–water partition coefficient (Wildman–Crippen LogP) is 3.31. The minimum atomic E-state index is -0.766. The first kappa shape index (κ1) is 19.3. The van der Waals surface area contributed by atoms with Gasteiger partial charge >= 0.3 is 5.97 Å². The van der Waals surface area contributed by atoms with Crippen LogP contribution in [0.4, 0.5) is 0 Å². The molecule has 0 saturated heterocycles. The maximum atomic E-state index is 13.1. The van der Waals surface area contributed by atoms with Gasteiger partial charge in [0.2, 0.25) is 0 Å². The fourth-order valence-corrected chi connectivity index (χ4v) is 3.45. The third-order valence-corrected chi connectivity index (χ3v) is 4.89. The number of fused-ring (bicyclic) bond motifs is 1. The molecule has 0 aliphatic carbocycles. The lowest BCUT2D eigenvalue weighted by Gasteiger charge is -2.17. The average Bonchev–Trinajstić information content (AvgIpc) is 2.78. The molecular weight excluding hydrogens is 382 g/mol. The van der Waals surface area contributed by atoms with Crippen LogP contribution in [0.5, 0.6) is 5.75 Å². The summed E-state index contributed by atoms with van der Waals surface area (Å²) in [6, 6.07) is 14.6. The fourth-order valence-electron chi connectivity index (χ4n) is 3.45. The second-order valence-electron chi connectivity index (χ2n) is 6.86. The van der Waals surface area contributed by atoms with Crippen LogP contribution in [0.2, 0.25) is 0 Å². The minimum Gasteiger partial charge on any atom is -0.505 e. The summed E-state index contributed by atoms with van der Waals surface area (Å²) < 4.78 is 6.36. The maximum Gasteiger partial charge on any atom is 0.360 e. The number of aryl methyl sites for hydroxylation is 1. The highest BCUT2D eigenvalue weighted by atomic mass is 16.5. The van der Waals surface area contributed by atoms with Crippen molar-refractivity contribution in [3.8, 4) is 17.0 Å². The molecule has 4 rings (SSSR count). The number of pyridine rings is 3. The van der Waals surface area contributed by atoms with Gasteiger partial charge in [-0.25, -0.2) is 9.78 Å². The monoisotopic (exact) mass is 401 g/mol. The molecule has 0 aliphatic heterocycles. The summed E-state index contributed by atoms with van der Waals surface area (Å²) in [6.45, 7) is 1.95. The summed E-state index contributed by atoms with van der Waals surface area (Å²) >= 11 is 0. The van der Waals surface area contributed by atoms with Gasteiger partial charge in [0, 0.05) is 28.9 Å². The third-order valence-electron chi connectivity index (χ3n) is 4.89. The Kier molecular flexibility index (Phi) is 5.02. The van der Waals surface area contributed by atoms with Gasteiger partial charge in [0.1, 0.15) is 0 Å². The van der Waals surface area contributed by atoms with Gasteiger partial charge in [-0.05, 0) is 30.7 Å². The van der Waals surface area contributed by atoms with Crippen molar-refractivity contribution < 1.29 is 14.6 Å². The van der Waals surface area contributed by atoms with Gasteiger partial charge < -0.3 is 14.4 Å². The number of carbonyl (C=O) groups is 1. The molecule has 0 fully saturated rings. The smallest absolute Gasteiger partial charge is 0.360 e. The molecule has 3 heterocycles. The Morgan fingerprint density at radius 1 is 1.17 bits per heavy atom. The largest absolute Gasteiger partial charge is 0.505 e. The second kappa shape index (κ2) is 7.79. The number of carbonyl (C=O) groups excluding carboxylic acids is 1. The van der Waals surface area contributed by atoms with Crippen LogP contribution in [-0.4, -0.2) is 32.7 Å². The number of hydrogen-bond acceptors (Lipinski definition) is 6. The van der Waals surface area contributed by atoms with Crippen LogP contribution in [0, 0.1) is 6.92 Å². The summed E-state index contributed by atoms with van der Waals surface area (Å²) in [7, 11) is 1.22. The van der Waals surface area contributed by atoms with E-state index in [0.717, 1.165) is 5.56 Å². The van der Waals surface area contributed by atoms with Gasteiger partial charge in [-0.1, -0.05) is 30.3 Å². The van der Waals surface area contributed by atoms with E-state index in [-0.39, 0.29) is 23.5 Å². The summed E-state index contributed by atoms with van der Waals surface area (Å²) in [5.41, 5.74) is 2.33. The highest BCUT2D eigenvalue weighted by molar-refractivity contribution is 6.03. The van der Waals surface area contributed by atoms with Gasteiger partial charge in [-0.2, -0.15) is 0 Å². The second-order valence-corrected chi connectivity index (χ2v) is 6.86. The van der Waals surface area contributed by atoms with Crippen molar-refractivity contribution in [1.29, 1.82) is 0 Å². The van der Waals surface area contributed by atoms with Crippen molar-refractivity contribution in [2.75, 3.05) is 7.11 Å². The van der Waals surface area contributed by atoms with Crippen LogP contribution in [0.3, 0.4) is 0 Å². The van der Waals surface area contributed by atoms with Crippen LogP contribution in [0.25, 0.3) is 22.2 Å². The van der Waals surface area contributed by atoms with E-state index >= 15 is 0 Å². The van der Waals surface area contributed by atoms with Crippen molar-refractivity contribution in [1.82, 2.24) is 14.5 Å². The number of hydrogen-bond donors (Lipinski definition) is 1. The zero-order chi connectivity index (χ0) is 21.3. The van der Waals surface area contributed by atoms with Gasteiger partial charge in [0.05, 0.1) is 24.9 Å². The first-order valence-corrected chi connectivity index (χ1v) is 9.31. The predicted molar refractivity (Wildman–Crippen MR) is 113 cm³/mol. The number of aromatic nitrogens is 3. The Morgan fingerprint density at radius 2 is 1.93 bits per heavy atom. The van der Waals surface area contributed by atoms with Crippen molar-refractivity contribution in [2.45, 2.75) is 13.5 Å². The van der Waals surface area contributed by atoms with Gasteiger partial charge in [-0.15, -0.1) is 0 Å². The van der Waals surface area contributed by atoms with E-state index in [0.29, 0.717) is 27.7 Å². The quantitative estimate of drug-likeness (QED) is 0.527. The molecule has 1 aromatic carbocycles. The van der Waals surface area contributed by atoms with E-state index in [1.165, 1.54) is 7.11 Å². The molecule has 0 radical (unpaired) electrons. The molecule has 7 heteroatoms. The Balaban J connectivity index is 2.13. The summed E-state index contributed by atoms with van der Waals surface area (Å²) in [5.74, 6) is -1.09. The number of methoxy groups -OCH3 is 1. The Hall–Kier alpha value is -4.00. The highest BCUT2D eigenvalue weighted by Gasteiger charge is 2.24. The molecule has 1 N–H and O–H groups in total. The van der Waals surface area contributed by atoms with E-state index in [9.17, 15) is 14.7 Å². The molecule has 0 unspecified atom stereocenters. The number of rotatable bonds is 4. The lowest BCUT2D eigenvalue weighted by atomic mass is 10.0. The standard InChI is InChI=1S/C23H19N3O4/c1-14-11-17-20(26(22(14)28)13-15-7-4-3-5-8-15)18(16-9-6-10-24-12-16)25-19(21(17)27)23(29)30-2/h3-12,27H,13H2,1-2H3. The van der Waals surface area contributed by atoms with Crippen molar-refractivity contribution in [3.63, 3.8) is 0 Å². The van der Waals surface area contributed by atoms with Gasteiger partial charge in [0.15, 0.2) is 11.4 Å². The van der Waals surface area contributed by atoms with Crippen LogP contribution in [0.15, 0.2) is 65.7 Å². The summed E-state index contributed by atoms with van der Waals surface area (Å²) in [5, 5.41) is 11.2. The first-order chi connectivity index (χ1) is 14.5. The van der Waals surface area contributed by atoms with Gasteiger partial charge in [0.25, 0.3) is 5.56 Å². The minimum absolute atomic E-state index is 0.205. The fraction of sp³-hybridized carbons (Fsp3) is 0.130. The molecule has 7 nitrogen and oxygen atoms in total. The number of aromatic hydroxyl groups is 1. The summed E-state index contributed by atoms with van der Waals surface area (Å²) in [4.78, 5) is 33.9. The molecule has 0 aliphatic rings. The van der Waals surface area contributed by atoms with E-state index < -0.39 is 5.97 Å². The van der Waals surface area contributed by atoms with E-state index in [1.807, 2.05) is 30.3 Å². The summed E-state index contributed by atoms with van der Waals surface area (Å²) in [6.07, 6.45) is 3.21. The molecule has 0 atom stereocenters. The zero-order valence-corrected chi connectivity index (χ0v) is 16.5. The van der Waals surface area contributed by atoms with Crippen LogP contribution in [-0.2, 0) is 11.3 Å². The van der Waals surface area contributed by atoms with E-state index in [1.54, 1.807) is 42.1 Å². The normalized spacial score (nSPS) is 10.9. The number of ether oxygens (including phenoxy) is 1. The molecule has 0 spiro atoms. The molecule has 4 aromatic rings. The molecule has 0 saturated carbocycles. The lowest BCUT2D eigenvalue weighted by Crippen LogP contribution is -2.24. The lowest BCUT2D eigenvalue weighted by molar-refractivity contribution is 0.0591. The third kappa shape index (κ3) is 3.30. The van der Waals surface area contributed by atoms with Crippen molar-refractivity contribution in [2.24, 2.45) is 0 Å². The molecule has 0 amide bonds. The maximum absolute atomic E-state index is 13.1. The van der Waals surface area contributed by atoms with Crippen molar-refractivity contribution >= 4 is 16.9 Å². The number of nitrogens with zero attached hydrogens (tertiary/aromatic N) is 3. The van der Waals surface area contributed by atoms with Crippen LogP contribution in [0.1, 0.15) is 21.6 Å². The van der Waals surface area contributed by atoms with Crippen LogP contribution < -0.4 is 5.56 Å². The first-order valence-electron chi connectivity index (χ1n) is 9.31. The van der Waals surface area contributed by atoms with Gasteiger partial charge in [-0.3, -0.25) is 9.78 Å². The van der Waals surface area contributed by atoms with Crippen molar-refractivity contribution in [3.05, 3.63) is 88.1 Å². The highest BCUT2D eigenvalue weighted by Crippen LogP contribution is 2.34. The molecular formula is C23H19N3O4. The Labute approximate surface area is 172 Å². The Morgan fingerprint density at radius 3 is 2.60 bits per heavy atom. The molecule has 0 bridgehead atoms. The SMILES string of the molecule is COC(=O)c1nc(-c2cccnc2)c2c(cc(C)c(=O)n2Cc2ccccc2)c1O. The van der Waals surface area contributed by atoms with Crippen LogP contribution >= 0.6 is 0 Å². The number of esters is 1. The topological polar surface area (TPSA) is 94.3 Å². The van der Waals surface area contributed by atoms with E-state index in [2.05, 4.69) is 9.97 Å². The molecule has 30 heavy (non-hydrogen) atoms. The Bertz CT molecular complexity index is 1300. The number of benzene rings is 1. The van der Waals surface area contributed by atoms with E-state index in [4.69, 9.17) is 4.74 Å². The molecule has 150 valence electrons. The molecule has 3 aromatic heterocycles. The zero-order valence-electron chi connectivity index (χ0n) is 16.5.